The van der Waals surface area contributed by atoms with Crippen molar-refractivity contribution < 1.29 is 10.2 Å². The van der Waals surface area contributed by atoms with Crippen molar-refractivity contribution in [1.29, 1.82) is 0 Å². The van der Waals surface area contributed by atoms with Gasteiger partial charge in [-0.15, -0.1) is 0 Å². The normalized spacial score (nSPS) is 27.8. The second-order valence-corrected chi connectivity index (χ2v) is 8.43. The Morgan fingerprint density at radius 1 is 0.452 bits per heavy atom. The van der Waals surface area contributed by atoms with Gasteiger partial charge in [0.1, 0.15) is 11.2 Å². The predicted octanol–water partition coefficient (Wildman–Crippen LogP) is 5.73. The molecule has 0 aliphatic heterocycles. The molecule has 0 spiro atoms. The van der Waals surface area contributed by atoms with E-state index in [0.717, 1.165) is 22.3 Å². The standard InChI is InChI=1S/C29H26O2/c30-28(24-17-9-3-10-18-24)26(22-13-5-1-6-14-22)21-27(23-15-7-2-8-16-23)29(28,31)25-19-11-4-12-20-25/h1-20,26-27,30-31H,21H2/t26-,27-,28-,29+/m1/s1. The zero-order valence-electron chi connectivity index (χ0n) is 17.3. The van der Waals surface area contributed by atoms with E-state index >= 15 is 0 Å². The zero-order valence-corrected chi connectivity index (χ0v) is 17.3. The van der Waals surface area contributed by atoms with Gasteiger partial charge in [0.05, 0.1) is 0 Å². The molecule has 2 heteroatoms. The smallest absolute Gasteiger partial charge is 0.130 e. The van der Waals surface area contributed by atoms with Crippen molar-refractivity contribution in [2.75, 3.05) is 0 Å². The minimum absolute atomic E-state index is 0.272. The van der Waals surface area contributed by atoms with Crippen molar-refractivity contribution in [1.82, 2.24) is 0 Å². The van der Waals surface area contributed by atoms with Crippen LogP contribution in [0.4, 0.5) is 0 Å². The molecular weight excluding hydrogens is 380 g/mol. The second kappa shape index (κ2) is 7.81. The Kier molecular flexibility index (Phi) is 4.97. The summed E-state index contributed by atoms with van der Waals surface area (Å²) in [5.74, 6) is -0.543. The third kappa shape index (κ3) is 3.03. The molecule has 0 aromatic heterocycles. The Hall–Kier alpha value is -3.20. The summed E-state index contributed by atoms with van der Waals surface area (Å²) in [5, 5.41) is 25.3. The molecule has 4 atom stereocenters. The fraction of sp³-hybridized carbons (Fsp3) is 0.172. The van der Waals surface area contributed by atoms with Crippen molar-refractivity contribution in [2.24, 2.45) is 0 Å². The molecule has 1 saturated carbocycles. The van der Waals surface area contributed by atoms with Gasteiger partial charge >= 0.3 is 0 Å². The lowest BCUT2D eigenvalue weighted by atomic mass is 9.67. The molecule has 2 N–H and O–H groups in total. The van der Waals surface area contributed by atoms with Crippen LogP contribution in [0.1, 0.15) is 40.5 Å². The first-order chi connectivity index (χ1) is 15.2. The number of benzene rings is 4. The van der Waals surface area contributed by atoms with Crippen molar-refractivity contribution >= 4 is 0 Å². The summed E-state index contributed by atoms with van der Waals surface area (Å²) in [6.07, 6.45) is 0.630. The maximum absolute atomic E-state index is 12.6. The van der Waals surface area contributed by atoms with Crippen LogP contribution in [0.15, 0.2) is 121 Å². The summed E-state index contributed by atoms with van der Waals surface area (Å²) in [4.78, 5) is 0. The summed E-state index contributed by atoms with van der Waals surface area (Å²) in [6, 6.07) is 39.5. The highest BCUT2D eigenvalue weighted by Crippen LogP contribution is 2.64. The SMILES string of the molecule is O[C@]1(c2ccccc2)[C@@H](c2ccccc2)C[C@H](c2ccccc2)[C@@]1(O)c1ccccc1. The molecule has 0 amide bonds. The van der Waals surface area contributed by atoms with Crippen molar-refractivity contribution in [3.8, 4) is 0 Å². The maximum atomic E-state index is 12.6. The Morgan fingerprint density at radius 3 is 1.06 bits per heavy atom. The molecule has 1 fully saturated rings. The molecule has 0 bridgehead atoms. The van der Waals surface area contributed by atoms with E-state index in [1.54, 1.807) is 0 Å². The Labute approximate surface area is 183 Å². The molecular formula is C29H26O2. The molecule has 0 saturated heterocycles. The molecule has 5 rings (SSSR count). The number of rotatable bonds is 4. The van der Waals surface area contributed by atoms with E-state index < -0.39 is 11.2 Å². The van der Waals surface area contributed by atoms with E-state index in [4.69, 9.17) is 0 Å². The van der Waals surface area contributed by atoms with E-state index in [2.05, 4.69) is 24.3 Å². The lowest BCUT2D eigenvalue weighted by Crippen LogP contribution is -2.50. The van der Waals surface area contributed by atoms with Crippen LogP contribution in [0.2, 0.25) is 0 Å². The monoisotopic (exact) mass is 406 g/mol. The topological polar surface area (TPSA) is 40.5 Å². The van der Waals surface area contributed by atoms with Gasteiger partial charge < -0.3 is 10.2 Å². The fourth-order valence-corrected chi connectivity index (χ4v) is 5.46. The number of hydrogen-bond acceptors (Lipinski definition) is 2. The van der Waals surface area contributed by atoms with E-state index in [0.29, 0.717) is 6.42 Å². The van der Waals surface area contributed by atoms with Crippen molar-refractivity contribution in [3.63, 3.8) is 0 Å². The van der Waals surface area contributed by atoms with E-state index in [1.165, 1.54) is 0 Å². The molecule has 0 unspecified atom stereocenters. The summed E-state index contributed by atoms with van der Waals surface area (Å²) in [6.45, 7) is 0. The largest absolute Gasteiger partial charge is 0.381 e. The van der Waals surface area contributed by atoms with Crippen LogP contribution >= 0.6 is 0 Å². The van der Waals surface area contributed by atoms with Crippen LogP contribution in [0, 0.1) is 0 Å². The highest BCUT2D eigenvalue weighted by Gasteiger charge is 2.66. The van der Waals surface area contributed by atoms with E-state index in [-0.39, 0.29) is 11.8 Å². The van der Waals surface area contributed by atoms with Gasteiger partial charge in [-0.1, -0.05) is 121 Å². The first kappa shape index (κ1) is 19.7. The quantitative estimate of drug-likeness (QED) is 0.454. The molecule has 0 heterocycles. The van der Waals surface area contributed by atoms with Gasteiger partial charge in [0.2, 0.25) is 0 Å². The van der Waals surface area contributed by atoms with Gasteiger partial charge in [-0.3, -0.25) is 0 Å². The third-order valence-electron chi connectivity index (χ3n) is 6.89. The first-order valence-electron chi connectivity index (χ1n) is 10.8. The van der Waals surface area contributed by atoms with Crippen LogP contribution in [0.5, 0.6) is 0 Å². The maximum Gasteiger partial charge on any atom is 0.130 e. The first-order valence-corrected chi connectivity index (χ1v) is 10.8. The minimum Gasteiger partial charge on any atom is -0.381 e. The molecule has 2 nitrogen and oxygen atoms in total. The highest BCUT2D eigenvalue weighted by molar-refractivity contribution is 5.47. The molecule has 4 aromatic carbocycles. The molecule has 31 heavy (non-hydrogen) atoms. The van der Waals surface area contributed by atoms with Gasteiger partial charge in [0.25, 0.3) is 0 Å². The molecule has 154 valence electrons. The Morgan fingerprint density at radius 2 is 0.742 bits per heavy atom. The fourth-order valence-electron chi connectivity index (χ4n) is 5.46. The van der Waals surface area contributed by atoms with Gasteiger partial charge in [-0.2, -0.15) is 0 Å². The predicted molar refractivity (Wildman–Crippen MR) is 124 cm³/mol. The van der Waals surface area contributed by atoms with Crippen LogP contribution in [0.25, 0.3) is 0 Å². The summed E-state index contributed by atoms with van der Waals surface area (Å²) in [7, 11) is 0. The van der Waals surface area contributed by atoms with Gasteiger partial charge in [0, 0.05) is 11.8 Å². The summed E-state index contributed by atoms with van der Waals surface area (Å²) in [5.41, 5.74) is 0.514. The Balaban J connectivity index is 1.81. The molecule has 0 radical (unpaired) electrons. The molecule has 1 aliphatic rings. The lowest BCUT2D eigenvalue weighted by Gasteiger charge is -2.44. The summed E-state index contributed by atoms with van der Waals surface area (Å²) < 4.78 is 0. The Bertz CT molecular complexity index is 1040. The third-order valence-corrected chi connectivity index (χ3v) is 6.89. The van der Waals surface area contributed by atoms with Gasteiger partial charge in [-0.25, -0.2) is 0 Å². The lowest BCUT2D eigenvalue weighted by molar-refractivity contribution is -0.158. The van der Waals surface area contributed by atoms with Gasteiger partial charge in [-0.05, 0) is 28.7 Å². The van der Waals surface area contributed by atoms with E-state index in [9.17, 15) is 10.2 Å². The van der Waals surface area contributed by atoms with Crippen LogP contribution in [0.3, 0.4) is 0 Å². The van der Waals surface area contributed by atoms with E-state index in [1.807, 2.05) is 97.1 Å². The van der Waals surface area contributed by atoms with Crippen LogP contribution in [-0.2, 0) is 11.2 Å². The van der Waals surface area contributed by atoms with Gasteiger partial charge in [0.15, 0.2) is 0 Å². The van der Waals surface area contributed by atoms with Crippen molar-refractivity contribution in [3.05, 3.63) is 144 Å². The van der Waals surface area contributed by atoms with Crippen molar-refractivity contribution in [2.45, 2.75) is 29.5 Å². The average Bonchev–Trinajstić information content (AvgIpc) is 3.10. The zero-order chi connectivity index (χ0) is 21.3. The minimum atomic E-state index is -1.50. The molecule has 4 aromatic rings. The average molecular weight is 407 g/mol. The highest BCUT2D eigenvalue weighted by atomic mass is 16.4. The number of aliphatic hydroxyl groups is 2. The number of hydrogen-bond donors (Lipinski definition) is 2. The molecule has 1 aliphatic carbocycles. The van der Waals surface area contributed by atoms with Crippen LogP contribution < -0.4 is 0 Å². The van der Waals surface area contributed by atoms with Crippen LogP contribution in [-0.4, -0.2) is 10.2 Å². The second-order valence-electron chi connectivity index (χ2n) is 8.43. The summed E-state index contributed by atoms with van der Waals surface area (Å²) >= 11 is 0.